The van der Waals surface area contributed by atoms with E-state index in [9.17, 15) is 0 Å². The molecule has 1 aliphatic heterocycles. The fourth-order valence-electron chi connectivity index (χ4n) is 2.01. The molecular weight excluding hydrogens is 286 g/mol. The van der Waals surface area contributed by atoms with Crippen LogP contribution in [0.3, 0.4) is 0 Å². The van der Waals surface area contributed by atoms with E-state index in [-0.39, 0.29) is 6.10 Å². The molecule has 1 saturated heterocycles. The lowest BCUT2D eigenvalue weighted by Crippen LogP contribution is -2.34. The third kappa shape index (κ3) is 3.06. The Balaban J connectivity index is 1.98. The zero-order chi connectivity index (χ0) is 11.5. The Kier molecular flexibility index (Phi) is 4.41. The van der Waals surface area contributed by atoms with E-state index in [1.165, 1.54) is 4.88 Å². The van der Waals surface area contributed by atoms with Gasteiger partial charge in [0.1, 0.15) is 6.10 Å². The molecule has 16 heavy (non-hydrogen) atoms. The summed E-state index contributed by atoms with van der Waals surface area (Å²) in [4.78, 5) is 1.31. The smallest absolute Gasteiger partial charge is 0.104 e. The normalized spacial score (nSPS) is 27.0. The first-order chi connectivity index (χ1) is 7.66. The summed E-state index contributed by atoms with van der Waals surface area (Å²) in [5.41, 5.74) is 0. The van der Waals surface area contributed by atoms with Crippen LogP contribution in [0.2, 0.25) is 0 Å². The molecule has 1 aliphatic rings. The molecule has 2 unspecified atom stereocenters. The predicted octanol–water partition coefficient (Wildman–Crippen LogP) is 3.59. The van der Waals surface area contributed by atoms with Crippen molar-refractivity contribution in [3.8, 4) is 0 Å². The summed E-state index contributed by atoms with van der Waals surface area (Å²) in [5, 5.41) is 5.72. The standard InChI is InChI=1S/C12H18BrNOS/c1-8(2)10-3-4-15-11(6-14-10)12-5-9(13)7-16-12/h5,7-8,10-11,14H,3-4,6H2,1-2H3. The Morgan fingerprint density at radius 3 is 3.00 bits per heavy atom. The van der Waals surface area contributed by atoms with Gasteiger partial charge in [0, 0.05) is 33.9 Å². The van der Waals surface area contributed by atoms with Crippen molar-refractivity contribution in [1.29, 1.82) is 0 Å². The molecule has 0 spiro atoms. The van der Waals surface area contributed by atoms with Crippen LogP contribution in [-0.2, 0) is 4.74 Å². The van der Waals surface area contributed by atoms with Gasteiger partial charge in [0.15, 0.2) is 0 Å². The highest BCUT2D eigenvalue weighted by atomic mass is 79.9. The molecule has 2 nitrogen and oxygen atoms in total. The molecule has 1 N–H and O–H groups in total. The number of halogens is 1. The third-order valence-corrected chi connectivity index (χ3v) is 4.81. The highest BCUT2D eigenvalue weighted by Gasteiger charge is 2.22. The van der Waals surface area contributed by atoms with Gasteiger partial charge < -0.3 is 10.1 Å². The van der Waals surface area contributed by atoms with Gasteiger partial charge in [0.2, 0.25) is 0 Å². The first-order valence-electron chi connectivity index (χ1n) is 5.75. The van der Waals surface area contributed by atoms with Crippen molar-refractivity contribution in [2.24, 2.45) is 5.92 Å². The Labute approximate surface area is 110 Å². The van der Waals surface area contributed by atoms with E-state index in [0.29, 0.717) is 12.0 Å². The number of hydrogen-bond donors (Lipinski definition) is 1. The number of thiophene rings is 1. The SMILES string of the molecule is CC(C)C1CCOC(c2cc(Br)cs2)CN1. The highest BCUT2D eigenvalue weighted by molar-refractivity contribution is 9.10. The van der Waals surface area contributed by atoms with Gasteiger partial charge in [0.25, 0.3) is 0 Å². The van der Waals surface area contributed by atoms with Gasteiger partial charge in [-0.3, -0.25) is 0 Å². The van der Waals surface area contributed by atoms with Crippen molar-refractivity contribution >= 4 is 27.3 Å². The molecule has 1 aromatic heterocycles. The van der Waals surface area contributed by atoms with Crippen LogP contribution >= 0.6 is 27.3 Å². The molecular formula is C12H18BrNOS. The monoisotopic (exact) mass is 303 g/mol. The van der Waals surface area contributed by atoms with E-state index in [2.05, 4.69) is 46.5 Å². The summed E-state index contributed by atoms with van der Waals surface area (Å²) in [6, 6.07) is 2.75. The number of hydrogen-bond acceptors (Lipinski definition) is 3. The second-order valence-corrected chi connectivity index (χ2v) is 6.43. The average molecular weight is 304 g/mol. The summed E-state index contributed by atoms with van der Waals surface area (Å²) in [5.74, 6) is 0.678. The van der Waals surface area contributed by atoms with Crippen molar-refractivity contribution in [3.05, 3.63) is 20.8 Å². The molecule has 0 radical (unpaired) electrons. The highest BCUT2D eigenvalue weighted by Crippen LogP contribution is 2.29. The molecule has 0 bridgehead atoms. The minimum atomic E-state index is 0.222. The molecule has 0 aliphatic carbocycles. The van der Waals surface area contributed by atoms with Crippen LogP contribution < -0.4 is 5.32 Å². The second kappa shape index (κ2) is 5.63. The Bertz CT molecular complexity index is 340. The summed E-state index contributed by atoms with van der Waals surface area (Å²) in [6.07, 6.45) is 1.33. The van der Waals surface area contributed by atoms with Crippen LogP contribution in [0.15, 0.2) is 15.9 Å². The van der Waals surface area contributed by atoms with Crippen molar-refractivity contribution in [2.75, 3.05) is 13.2 Å². The fourth-order valence-corrected chi connectivity index (χ4v) is 3.50. The summed E-state index contributed by atoms with van der Waals surface area (Å²) < 4.78 is 7.06. The number of nitrogens with one attached hydrogen (secondary N) is 1. The van der Waals surface area contributed by atoms with Crippen LogP contribution in [0, 0.1) is 5.92 Å². The first kappa shape index (κ1) is 12.6. The molecule has 0 saturated carbocycles. The van der Waals surface area contributed by atoms with E-state index >= 15 is 0 Å². The maximum Gasteiger partial charge on any atom is 0.104 e. The van der Waals surface area contributed by atoms with Gasteiger partial charge >= 0.3 is 0 Å². The van der Waals surface area contributed by atoms with Gasteiger partial charge in [-0.25, -0.2) is 0 Å². The van der Waals surface area contributed by atoms with Gasteiger partial charge in [-0.2, -0.15) is 0 Å². The molecule has 1 fully saturated rings. The lowest BCUT2D eigenvalue weighted by molar-refractivity contribution is 0.0685. The molecule has 2 rings (SSSR count). The molecule has 0 amide bonds. The second-order valence-electron chi connectivity index (χ2n) is 4.57. The van der Waals surface area contributed by atoms with Gasteiger partial charge in [-0.15, -0.1) is 11.3 Å². The van der Waals surface area contributed by atoms with E-state index in [4.69, 9.17) is 4.74 Å². The maximum atomic E-state index is 5.91. The minimum Gasteiger partial charge on any atom is -0.371 e. The zero-order valence-electron chi connectivity index (χ0n) is 9.70. The van der Waals surface area contributed by atoms with Gasteiger partial charge in [0.05, 0.1) is 0 Å². The fraction of sp³-hybridized carbons (Fsp3) is 0.667. The van der Waals surface area contributed by atoms with Crippen molar-refractivity contribution in [1.82, 2.24) is 5.32 Å². The summed E-state index contributed by atoms with van der Waals surface area (Å²) in [6.45, 7) is 6.31. The molecule has 2 atom stereocenters. The molecule has 2 heterocycles. The Morgan fingerprint density at radius 1 is 1.56 bits per heavy atom. The van der Waals surface area contributed by atoms with Crippen LogP contribution in [0.25, 0.3) is 0 Å². The lowest BCUT2D eigenvalue weighted by Gasteiger charge is -2.19. The lowest BCUT2D eigenvalue weighted by atomic mass is 10.0. The van der Waals surface area contributed by atoms with Crippen LogP contribution in [0.1, 0.15) is 31.2 Å². The Morgan fingerprint density at radius 2 is 2.38 bits per heavy atom. The van der Waals surface area contributed by atoms with Crippen molar-refractivity contribution in [2.45, 2.75) is 32.4 Å². The zero-order valence-corrected chi connectivity index (χ0v) is 12.1. The topological polar surface area (TPSA) is 21.3 Å². The molecule has 1 aromatic rings. The first-order valence-corrected chi connectivity index (χ1v) is 7.43. The van der Waals surface area contributed by atoms with E-state index in [1.54, 1.807) is 11.3 Å². The summed E-state index contributed by atoms with van der Waals surface area (Å²) >= 11 is 5.25. The molecule has 4 heteroatoms. The van der Waals surface area contributed by atoms with E-state index in [0.717, 1.165) is 24.0 Å². The van der Waals surface area contributed by atoms with E-state index < -0.39 is 0 Å². The Hall–Kier alpha value is 0.1000. The molecule has 90 valence electrons. The van der Waals surface area contributed by atoms with Gasteiger partial charge in [-0.05, 0) is 34.3 Å². The number of ether oxygens (including phenoxy) is 1. The van der Waals surface area contributed by atoms with Crippen LogP contribution in [0.5, 0.6) is 0 Å². The summed E-state index contributed by atoms with van der Waals surface area (Å²) in [7, 11) is 0. The molecule has 0 aromatic carbocycles. The minimum absolute atomic E-state index is 0.222. The average Bonchev–Trinajstić information content (AvgIpc) is 2.54. The predicted molar refractivity (Wildman–Crippen MR) is 72.0 cm³/mol. The van der Waals surface area contributed by atoms with Crippen molar-refractivity contribution in [3.63, 3.8) is 0 Å². The van der Waals surface area contributed by atoms with Crippen LogP contribution in [0.4, 0.5) is 0 Å². The van der Waals surface area contributed by atoms with E-state index in [1.807, 2.05) is 0 Å². The largest absolute Gasteiger partial charge is 0.371 e. The number of rotatable bonds is 2. The third-order valence-electron chi connectivity index (χ3n) is 3.02. The van der Waals surface area contributed by atoms with Crippen molar-refractivity contribution < 1.29 is 4.74 Å². The quantitative estimate of drug-likeness (QED) is 0.901. The van der Waals surface area contributed by atoms with Crippen LogP contribution in [-0.4, -0.2) is 19.2 Å². The maximum absolute atomic E-state index is 5.91. The van der Waals surface area contributed by atoms with Gasteiger partial charge in [-0.1, -0.05) is 13.8 Å².